The number of amides is 1. The van der Waals surface area contributed by atoms with Crippen LogP contribution in [0.5, 0.6) is 5.75 Å². The van der Waals surface area contributed by atoms with Gasteiger partial charge in [-0.15, -0.1) is 0 Å². The first-order chi connectivity index (χ1) is 21.6. The molecule has 0 spiro atoms. The molecule has 0 fully saturated rings. The van der Waals surface area contributed by atoms with Crippen molar-refractivity contribution < 1.29 is 9.53 Å². The number of hydrogen-bond donors (Lipinski definition) is 1. The summed E-state index contributed by atoms with van der Waals surface area (Å²) in [6, 6.07) is 35.4. The first-order valence-electron chi connectivity index (χ1n) is 16.2. The van der Waals surface area contributed by atoms with E-state index >= 15 is 0 Å². The van der Waals surface area contributed by atoms with Crippen molar-refractivity contribution >= 4 is 16.9 Å². The number of nitrogens with one attached hydrogen (secondary N) is 1. The van der Waals surface area contributed by atoms with Gasteiger partial charge in [-0.05, 0) is 72.1 Å². The summed E-state index contributed by atoms with van der Waals surface area (Å²) in [5, 5.41) is 3.10. The van der Waals surface area contributed by atoms with Gasteiger partial charge in [-0.25, -0.2) is 4.98 Å². The lowest BCUT2D eigenvalue weighted by Gasteiger charge is -2.14. The summed E-state index contributed by atoms with van der Waals surface area (Å²) >= 11 is 0. The van der Waals surface area contributed by atoms with E-state index in [-0.39, 0.29) is 5.91 Å². The molecule has 1 amide bonds. The first-order valence-corrected chi connectivity index (χ1v) is 16.2. The molecule has 5 rings (SSSR count). The van der Waals surface area contributed by atoms with E-state index in [0.717, 1.165) is 74.3 Å². The Bertz CT molecular complexity index is 1610. The molecule has 5 heteroatoms. The molecule has 1 aromatic heterocycles. The van der Waals surface area contributed by atoms with Gasteiger partial charge in [0.05, 0.1) is 24.1 Å². The third-order valence-corrected chi connectivity index (χ3v) is 8.13. The molecule has 0 aliphatic heterocycles. The molecule has 0 bridgehead atoms. The lowest BCUT2D eigenvalue weighted by atomic mass is 10.0. The largest absolute Gasteiger partial charge is 0.493 e. The van der Waals surface area contributed by atoms with Gasteiger partial charge in [0.25, 0.3) is 0 Å². The van der Waals surface area contributed by atoms with Gasteiger partial charge in [-0.1, -0.05) is 105 Å². The van der Waals surface area contributed by atoms with Crippen LogP contribution >= 0.6 is 0 Å². The molecule has 5 nitrogen and oxygen atoms in total. The normalized spacial score (nSPS) is 11.2. The van der Waals surface area contributed by atoms with Crippen LogP contribution in [0.25, 0.3) is 22.2 Å². The van der Waals surface area contributed by atoms with Crippen molar-refractivity contribution in [3.05, 3.63) is 120 Å². The fraction of sp³-hybridized carbons (Fsp3) is 0.333. The van der Waals surface area contributed by atoms with Crippen LogP contribution < -0.4 is 10.1 Å². The highest BCUT2D eigenvalue weighted by atomic mass is 16.5. The van der Waals surface area contributed by atoms with E-state index in [1.54, 1.807) is 0 Å². The average Bonchev–Trinajstić information content (AvgIpc) is 3.40. The lowest BCUT2D eigenvalue weighted by molar-refractivity contribution is -0.120. The number of benzene rings is 4. The molecule has 4 aromatic carbocycles. The standard InChI is InChI=1S/C39H45N3O2/c1-30(2)34-17-8-11-20-37(34)44-28-14-13-27-42-36-19-10-9-18-35(36)41-38(42)21-7-4-12-26-40-39(43)29-31-22-24-33(25-23-31)32-15-5-3-6-16-32/h3,5-6,8-11,15-20,22-25,30H,4,7,12-14,21,26-29H2,1-2H3,(H,40,43). The summed E-state index contributed by atoms with van der Waals surface area (Å²) in [6.07, 6.45) is 6.46. The summed E-state index contributed by atoms with van der Waals surface area (Å²) in [5.74, 6) is 2.69. The van der Waals surface area contributed by atoms with Crippen LogP contribution in [-0.4, -0.2) is 28.6 Å². The zero-order valence-corrected chi connectivity index (χ0v) is 26.2. The van der Waals surface area contributed by atoms with Crippen molar-refractivity contribution in [1.82, 2.24) is 14.9 Å². The summed E-state index contributed by atoms with van der Waals surface area (Å²) in [4.78, 5) is 17.5. The molecule has 1 N–H and O–H groups in total. The second kappa shape index (κ2) is 15.9. The van der Waals surface area contributed by atoms with E-state index in [2.05, 4.69) is 90.5 Å². The van der Waals surface area contributed by atoms with Crippen molar-refractivity contribution in [3.63, 3.8) is 0 Å². The SMILES string of the molecule is CC(C)c1ccccc1OCCCCn1c(CCCCCNC(=O)Cc2ccc(-c3ccccc3)cc2)nc2ccccc21. The second-order valence-electron chi connectivity index (χ2n) is 11.8. The van der Waals surface area contributed by atoms with Gasteiger partial charge < -0.3 is 14.6 Å². The Labute approximate surface area is 262 Å². The van der Waals surface area contributed by atoms with Crippen molar-refractivity contribution in [2.45, 2.75) is 71.3 Å². The Kier molecular flexibility index (Phi) is 11.2. The second-order valence-corrected chi connectivity index (χ2v) is 11.8. The van der Waals surface area contributed by atoms with Gasteiger partial charge in [0.15, 0.2) is 0 Å². The van der Waals surface area contributed by atoms with Gasteiger partial charge in [-0.2, -0.15) is 0 Å². The highest BCUT2D eigenvalue weighted by molar-refractivity contribution is 5.79. The number of rotatable bonds is 16. The maximum atomic E-state index is 12.5. The maximum Gasteiger partial charge on any atom is 0.224 e. The fourth-order valence-electron chi connectivity index (χ4n) is 5.72. The van der Waals surface area contributed by atoms with Crippen LogP contribution in [0, 0.1) is 0 Å². The van der Waals surface area contributed by atoms with Gasteiger partial charge in [0.1, 0.15) is 11.6 Å². The maximum absolute atomic E-state index is 12.5. The van der Waals surface area contributed by atoms with E-state index in [9.17, 15) is 4.79 Å². The molecule has 5 aromatic rings. The van der Waals surface area contributed by atoms with Gasteiger partial charge in [0.2, 0.25) is 5.91 Å². The van der Waals surface area contributed by atoms with E-state index in [4.69, 9.17) is 9.72 Å². The van der Waals surface area contributed by atoms with Crippen LogP contribution in [0.1, 0.15) is 68.8 Å². The minimum Gasteiger partial charge on any atom is -0.493 e. The zero-order valence-electron chi connectivity index (χ0n) is 26.2. The number of carbonyl (C=O) groups is 1. The number of hydrogen-bond acceptors (Lipinski definition) is 3. The number of carbonyl (C=O) groups excluding carboxylic acids is 1. The number of nitrogens with zero attached hydrogens (tertiary/aromatic N) is 2. The van der Waals surface area contributed by atoms with Crippen LogP contribution in [-0.2, 0) is 24.2 Å². The number of para-hydroxylation sites is 3. The van der Waals surface area contributed by atoms with E-state index in [1.807, 2.05) is 36.4 Å². The molecule has 0 saturated heterocycles. The van der Waals surface area contributed by atoms with Crippen molar-refractivity contribution in [1.29, 1.82) is 0 Å². The molecule has 0 atom stereocenters. The summed E-state index contributed by atoms with van der Waals surface area (Å²) in [6.45, 7) is 6.77. The predicted octanol–water partition coefficient (Wildman–Crippen LogP) is 8.76. The van der Waals surface area contributed by atoms with Crippen LogP contribution in [0.4, 0.5) is 0 Å². The number of imidazole rings is 1. The minimum atomic E-state index is 0.0796. The zero-order chi connectivity index (χ0) is 30.6. The van der Waals surface area contributed by atoms with Crippen molar-refractivity contribution in [2.24, 2.45) is 0 Å². The number of ether oxygens (including phenoxy) is 1. The molecule has 0 radical (unpaired) electrons. The van der Waals surface area contributed by atoms with Gasteiger partial charge in [0, 0.05) is 19.5 Å². The molecule has 0 saturated carbocycles. The van der Waals surface area contributed by atoms with Gasteiger partial charge >= 0.3 is 0 Å². The number of fused-ring (bicyclic) bond motifs is 1. The van der Waals surface area contributed by atoms with Crippen molar-refractivity contribution in [3.8, 4) is 16.9 Å². The topological polar surface area (TPSA) is 56.1 Å². The molecule has 228 valence electrons. The van der Waals surface area contributed by atoms with E-state index in [0.29, 0.717) is 18.9 Å². The molecule has 0 aliphatic rings. The number of unbranched alkanes of at least 4 members (excludes halogenated alkanes) is 3. The van der Waals surface area contributed by atoms with Gasteiger partial charge in [-0.3, -0.25) is 4.79 Å². The molecule has 0 unspecified atom stereocenters. The van der Waals surface area contributed by atoms with E-state index < -0.39 is 0 Å². The molecule has 1 heterocycles. The molecule has 0 aliphatic carbocycles. The monoisotopic (exact) mass is 587 g/mol. The summed E-state index contributed by atoms with van der Waals surface area (Å²) in [5.41, 5.74) is 6.93. The summed E-state index contributed by atoms with van der Waals surface area (Å²) in [7, 11) is 0. The Morgan fingerprint density at radius 2 is 1.50 bits per heavy atom. The minimum absolute atomic E-state index is 0.0796. The number of aromatic nitrogens is 2. The quantitative estimate of drug-likeness (QED) is 0.117. The molecular weight excluding hydrogens is 542 g/mol. The van der Waals surface area contributed by atoms with Crippen LogP contribution in [0.15, 0.2) is 103 Å². The highest BCUT2D eigenvalue weighted by Gasteiger charge is 2.11. The third-order valence-electron chi connectivity index (χ3n) is 8.13. The van der Waals surface area contributed by atoms with Crippen LogP contribution in [0.2, 0.25) is 0 Å². The molecule has 44 heavy (non-hydrogen) atoms. The Morgan fingerprint density at radius 1 is 0.773 bits per heavy atom. The summed E-state index contributed by atoms with van der Waals surface area (Å²) < 4.78 is 8.55. The van der Waals surface area contributed by atoms with Crippen LogP contribution in [0.3, 0.4) is 0 Å². The van der Waals surface area contributed by atoms with E-state index in [1.165, 1.54) is 22.2 Å². The number of aryl methyl sites for hydroxylation is 2. The Morgan fingerprint density at radius 3 is 2.32 bits per heavy atom. The highest BCUT2D eigenvalue weighted by Crippen LogP contribution is 2.26. The third kappa shape index (κ3) is 8.59. The first kappa shape index (κ1) is 31.1. The average molecular weight is 588 g/mol. The Hall–Kier alpha value is -4.38. The smallest absolute Gasteiger partial charge is 0.224 e. The lowest BCUT2D eigenvalue weighted by Crippen LogP contribution is -2.26. The van der Waals surface area contributed by atoms with Crippen molar-refractivity contribution in [2.75, 3.05) is 13.2 Å². The fourth-order valence-corrected chi connectivity index (χ4v) is 5.72. The predicted molar refractivity (Wildman–Crippen MR) is 181 cm³/mol. The molecular formula is C39H45N3O2. The Balaban J connectivity index is 1.03.